The summed E-state index contributed by atoms with van der Waals surface area (Å²) in [5, 5.41) is 14.6. The predicted molar refractivity (Wildman–Crippen MR) is 351 cm³/mol. The number of ether oxygens (including phenoxy) is 3. The summed E-state index contributed by atoms with van der Waals surface area (Å²) in [7, 11) is 5.20. The summed E-state index contributed by atoms with van der Waals surface area (Å²) >= 11 is 0. The molecule has 2 atom stereocenters. The summed E-state index contributed by atoms with van der Waals surface area (Å²) in [5.74, 6) is -1.53. The number of hydrogen-bond donors (Lipinski definition) is 2. The van der Waals surface area contributed by atoms with Crippen molar-refractivity contribution in [3.05, 3.63) is 178 Å². The van der Waals surface area contributed by atoms with Crippen molar-refractivity contribution in [1.29, 1.82) is 0 Å². The van der Waals surface area contributed by atoms with Crippen LogP contribution in [-0.2, 0) is 53.6 Å². The predicted octanol–water partition coefficient (Wildman–Crippen LogP) is 11.8. The number of carbonyl (C=O) groups is 5. The number of para-hydroxylation sites is 1. The van der Waals surface area contributed by atoms with E-state index in [1.807, 2.05) is 73.8 Å². The Kier molecular flexibility index (Phi) is 23.3. The summed E-state index contributed by atoms with van der Waals surface area (Å²) in [5.41, 5.74) is -0.127. The van der Waals surface area contributed by atoms with Crippen LogP contribution in [0.3, 0.4) is 0 Å². The quantitative estimate of drug-likeness (QED) is 0.0387. The first-order valence-electron chi connectivity index (χ1n) is 33.0. The minimum Gasteiger partial charge on any atom is -0.446 e. The highest BCUT2D eigenvalue weighted by molar-refractivity contribution is 5.95. The van der Waals surface area contributed by atoms with Gasteiger partial charge in [0.05, 0.1) is 29.5 Å². The van der Waals surface area contributed by atoms with Crippen LogP contribution in [0.5, 0.6) is 0 Å². The van der Waals surface area contributed by atoms with Crippen molar-refractivity contribution in [2.24, 2.45) is 0 Å². The topological polar surface area (TPSA) is 182 Å². The highest BCUT2D eigenvalue weighted by Crippen LogP contribution is 2.48. The van der Waals surface area contributed by atoms with Crippen molar-refractivity contribution in [3.63, 3.8) is 0 Å². The molecule has 5 amide bonds. The molecule has 10 rings (SSSR count). The summed E-state index contributed by atoms with van der Waals surface area (Å²) in [6, 6.07) is 35.2. The van der Waals surface area contributed by atoms with Crippen molar-refractivity contribution in [2.75, 3.05) is 117 Å². The average molecular weight is 1350 g/mol. The Morgan fingerprint density at radius 3 is 2.04 bits per heavy atom. The molecule has 3 fully saturated rings. The van der Waals surface area contributed by atoms with Crippen LogP contribution in [0.15, 0.2) is 133 Å². The fourth-order valence-electron chi connectivity index (χ4n) is 13.5. The van der Waals surface area contributed by atoms with E-state index in [1.165, 1.54) is 29.2 Å². The van der Waals surface area contributed by atoms with Gasteiger partial charge in [0.1, 0.15) is 36.7 Å². The number of unbranched alkanes of at least 4 members (excludes halogenated alkanes) is 2. The fourth-order valence-corrected chi connectivity index (χ4v) is 13.5. The smallest absolute Gasteiger partial charge is 0.416 e. The Hall–Kier alpha value is -8.52. The third-order valence-corrected chi connectivity index (χ3v) is 19.2. The second kappa shape index (κ2) is 31.8. The molecule has 1 aromatic heterocycles. The highest BCUT2D eigenvalue weighted by Gasteiger charge is 2.50. The SMILES string of the molecule is CN(CCN1CCC(OC(=O)Nc2ccccc2-c2ccccc2)CC1)C(=O)CCCCCNc1ccc(C(=O)N(C)CCCN(C)C(=O)CO[C@H]2Cc3ccccc3C23CCN(CC[C@]2(c4ccc(F)cc4)CN(C(=O)c4cc(C(F)(F)F)cc(C(F)(F)F)c4)CO2)CC3)nn1. The molecule has 97 heavy (non-hydrogen) atoms. The molecule has 4 aliphatic rings. The molecule has 0 bridgehead atoms. The highest BCUT2D eigenvalue weighted by atomic mass is 19.4. The minimum atomic E-state index is -5.15. The number of halogens is 7. The molecule has 5 aromatic carbocycles. The van der Waals surface area contributed by atoms with E-state index in [0.29, 0.717) is 107 Å². The van der Waals surface area contributed by atoms with E-state index < -0.39 is 64.6 Å². The largest absolute Gasteiger partial charge is 0.446 e. The second-order valence-corrected chi connectivity index (χ2v) is 25.7. The molecule has 4 heterocycles. The van der Waals surface area contributed by atoms with E-state index in [1.54, 1.807) is 36.0 Å². The number of likely N-dealkylation sites (N-methyl/N-ethyl adjacent to an activating group) is 2. The maximum absolute atomic E-state index is 14.2. The number of piperidine rings is 2. The average Bonchev–Trinajstić information content (AvgIpc) is 1.61. The van der Waals surface area contributed by atoms with Crippen molar-refractivity contribution in [2.45, 2.75) is 106 Å². The number of hydrogen-bond acceptors (Lipinski definition) is 13. The van der Waals surface area contributed by atoms with E-state index in [0.717, 1.165) is 78.9 Å². The Morgan fingerprint density at radius 2 is 1.34 bits per heavy atom. The molecular formula is C72H83F7N10O8. The molecule has 2 N–H and O–H groups in total. The van der Waals surface area contributed by atoms with Crippen LogP contribution in [0.25, 0.3) is 11.1 Å². The van der Waals surface area contributed by atoms with E-state index in [4.69, 9.17) is 14.2 Å². The lowest BCUT2D eigenvalue weighted by atomic mass is 9.72. The van der Waals surface area contributed by atoms with E-state index >= 15 is 0 Å². The normalized spacial score (nSPS) is 18.2. The maximum Gasteiger partial charge on any atom is 0.416 e. The van der Waals surface area contributed by atoms with Gasteiger partial charge in [0, 0.05) is 96.5 Å². The Balaban J connectivity index is 0.604. The number of fused-ring (bicyclic) bond motifs is 2. The standard InChI is InChI=1S/C72H83F7N10O8/c1-84(34-14-35-86(3)67(93)61-26-27-63(83-82-61)80-33-13-5-8-21-64(90)85(2)41-42-87-36-28-57(29-37-87)97-68(94)81-60-20-12-10-18-58(60)50-15-6-4-7-16-50)65(91)47-95-62-45-51-17-9-11-19-59(51)69(62)30-38-88(39-31-69)40-32-70(53-22-24-56(73)25-23-53)48-89(49-96-70)66(92)52-43-54(71(74,75)76)46-55(44-52)72(77,78)79/h4,6-7,9-12,15-20,22-27,43-44,46,57,62H,5,8,13-14,21,28-42,45,47-49H2,1-3H3,(H,80,83)(H,81,94)/t62-,70+/m0/s1. The van der Waals surface area contributed by atoms with Crippen LogP contribution in [0.4, 0.5) is 47.0 Å². The number of rotatable bonds is 26. The number of amides is 5. The molecule has 18 nitrogen and oxygen atoms in total. The van der Waals surface area contributed by atoms with E-state index in [-0.39, 0.29) is 61.3 Å². The fraction of sp³-hybridized carbons (Fsp3) is 0.458. The second-order valence-electron chi connectivity index (χ2n) is 25.7. The number of alkyl halides is 6. The van der Waals surface area contributed by atoms with Crippen LogP contribution in [-0.4, -0.2) is 188 Å². The Morgan fingerprint density at radius 1 is 0.680 bits per heavy atom. The zero-order chi connectivity index (χ0) is 68.9. The molecule has 0 unspecified atom stereocenters. The van der Waals surface area contributed by atoms with Crippen LogP contribution in [0.1, 0.15) is 113 Å². The van der Waals surface area contributed by atoms with E-state index in [2.05, 4.69) is 42.8 Å². The van der Waals surface area contributed by atoms with Gasteiger partial charge in [0.2, 0.25) is 11.8 Å². The summed E-state index contributed by atoms with van der Waals surface area (Å²) < 4.78 is 115. The monoisotopic (exact) mass is 1350 g/mol. The van der Waals surface area contributed by atoms with Crippen LogP contribution in [0.2, 0.25) is 0 Å². The number of benzene rings is 5. The number of nitrogens with one attached hydrogen (secondary N) is 2. The van der Waals surface area contributed by atoms with Crippen molar-refractivity contribution >= 4 is 41.2 Å². The van der Waals surface area contributed by atoms with Crippen LogP contribution >= 0.6 is 0 Å². The number of nitrogens with zero attached hydrogens (tertiary/aromatic N) is 8. The number of likely N-dealkylation sites (tertiary alicyclic amines) is 2. The first-order valence-corrected chi connectivity index (χ1v) is 33.0. The van der Waals surface area contributed by atoms with Crippen molar-refractivity contribution < 1.29 is 68.9 Å². The molecule has 0 radical (unpaired) electrons. The molecule has 6 aromatic rings. The summed E-state index contributed by atoms with van der Waals surface area (Å²) in [6.07, 6.45) is -4.34. The molecular weight excluding hydrogens is 1270 g/mol. The van der Waals surface area contributed by atoms with Gasteiger partial charge in [-0.1, -0.05) is 91.3 Å². The van der Waals surface area contributed by atoms with Gasteiger partial charge < -0.3 is 48.9 Å². The van der Waals surface area contributed by atoms with E-state index in [9.17, 15) is 54.7 Å². The van der Waals surface area contributed by atoms with Gasteiger partial charge in [0.25, 0.3) is 11.8 Å². The molecule has 25 heteroatoms. The Labute approximate surface area is 560 Å². The molecule has 1 aliphatic carbocycles. The van der Waals surface area contributed by atoms with Crippen LogP contribution < -0.4 is 10.6 Å². The van der Waals surface area contributed by atoms with Crippen molar-refractivity contribution in [1.82, 2.24) is 39.6 Å². The van der Waals surface area contributed by atoms with Gasteiger partial charge in [-0.15, -0.1) is 10.2 Å². The lowest BCUT2D eigenvalue weighted by molar-refractivity contribution is -0.143. The van der Waals surface area contributed by atoms with Gasteiger partial charge in [-0.2, -0.15) is 26.3 Å². The van der Waals surface area contributed by atoms with Crippen LogP contribution in [0, 0.1) is 5.82 Å². The summed E-state index contributed by atoms with van der Waals surface area (Å²) in [6.45, 7) is 5.02. The zero-order valence-electron chi connectivity index (χ0n) is 54.8. The third-order valence-electron chi connectivity index (χ3n) is 19.2. The Bertz CT molecular complexity index is 3630. The molecule has 3 aliphatic heterocycles. The zero-order valence-corrected chi connectivity index (χ0v) is 54.8. The van der Waals surface area contributed by atoms with Gasteiger partial charge in [0.15, 0.2) is 5.69 Å². The minimum absolute atomic E-state index is 0.0314. The number of aromatic nitrogens is 2. The van der Waals surface area contributed by atoms with Crippen molar-refractivity contribution in [3.8, 4) is 11.1 Å². The maximum atomic E-state index is 14.2. The molecule has 0 saturated carbocycles. The lowest BCUT2D eigenvalue weighted by Gasteiger charge is -2.44. The molecule has 1 spiro atoms. The number of carbonyl (C=O) groups excluding carboxylic acids is 5. The molecule has 518 valence electrons. The first kappa shape index (κ1) is 71.3. The third kappa shape index (κ3) is 18.2. The van der Waals surface area contributed by atoms with Gasteiger partial charge in [-0.3, -0.25) is 24.5 Å². The summed E-state index contributed by atoms with van der Waals surface area (Å²) in [4.78, 5) is 77.0. The van der Waals surface area contributed by atoms with Gasteiger partial charge in [-0.05, 0) is 142 Å². The molecule has 3 saturated heterocycles. The van der Waals surface area contributed by atoms with Gasteiger partial charge >= 0.3 is 18.4 Å². The lowest BCUT2D eigenvalue weighted by Crippen LogP contribution is -2.50. The first-order chi connectivity index (χ1) is 46.5. The van der Waals surface area contributed by atoms with Gasteiger partial charge in [-0.25, -0.2) is 9.18 Å². The number of anilines is 2.